The highest BCUT2D eigenvalue weighted by Crippen LogP contribution is 2.29. The second-order valence-corrected chi connectivity index (χ2v) is 8.40. The van der Waals surface area contributed by atoms with E-state index in [2.05, 4.69) is 21.6 Å². The summed E-state index contributed by atoms with van der Waals surface area (Å²) in [4.78, 5) is 9.22. The summed E-state index contributed by atoms with van der Waals surface area (Å²) in [6, 6.07) is 7.93. The minimum Gasteiger partial charge on any atom is -0.309 e. The molecule has 2 aromatic heterocycles. The lowest BCUT2D eigenvalue weighted by atomic mass is 10.1. The number of hydrogen-bond acceptors (Lipinski definition) is 5. The molecule has 1 aliphatic heterocycles. The molecule has 1 aliphatic rings. The van der Waals surface area contributed by atoms with Crippen molar-refractivity contribution < 1.29 is 8.42 Å². The summed E-state index contributed by atoms with van der Waals surface area (Å²) in [5, 5.41) is 4.50. The summed E-state index contributed by atoms with van der Waals surface area (Å²) in [5.41, 5.74) is 1.93. The predicted octanol–water partition coefficient (Wildman–Crippen LogP) is 1.85. The summed E-state index contributed by atoms with van der Waals surface area (Å²) in [6.07, 6.45) is 0.590. The lowest BCUT2D eigenvalue weighted by Gasteiger charge is -2.11. The number of para-hydroxylation sites is 2. The molecule has 0 radical (unpaired) electrons. The van der Waals surface area contributed by atoms with E-state index in [1.807, 2.05) is 31.2 Å². The second-order valence-electron chi connectivity index (χ2n) is 6.17. The number of hydrogen-bond donors (Lipinski definition) is 0. The van der Waals surface area contributed by atoms with Crippen molar-refractivity contribution in [3.63, 3.8) is 0 Å². The van der Waals surface area contributed by atoms with Crippen LogP contribution in [0.3, 0.4) is 0 Å². The molecule has 4 rings (SSSR count). The van der Waals surface area contributed by atoms with Crippen LogP contribution in [-0.2, 0) is 16.4 Å². The van der Waals surface area contributed by atoms with Gasteiger partial charge in [0, 0.05) is 12.5 Å². The van der Waals surface area contributed by atoms with E-state index < -0.39 is 9.84 Å². The maximum Gasteiger partial charge on any atom is 0.233 e. The van der Waals surface area contributed by atoms with Crippen LogP contribution in [0.15, 0.2) is 24.3 Å². The van der Waals surface area contributed by atoms with Gasteiger partial charge in [0.05, 0.1) is 22.5 Å². The molecule has 0 saturated carbocycles. The molecule has 0 bridgehead atoms. The molecular weight excluding hydrogens is 326 g/mol. The predicted molar refractivity (Wildman–Crippen MR) is 91.1 cm³/mol. The number of nitrogens with zero attached hydrogens (tertiary/aromatic N) is 5. The highest BCUT2D eigenvalue weighted by molar-refractivity contribution is 7.91. The van der Waals surface area contributed by atoms with Crippen LogP contribution in [0.1, 0.15) is 30.9 Å². The molecule has 0 aliphatic carbocycles. The van der Waals surface area contributed by atoms with Crippen molar-refractivity contribution in [2.45, 2.75) is 32.7 Å². The third-order valence-corrected chi connectivity index (χ3v) is 6.24. The Labute approximate surface area is 140 Å². The fourth-order valence-corrected chi connectivity index (χ4v) is 5.12. The fourth-order valence-electron chi connectivity index (χ4n) is 3.38. The van der Waals surface area contributed by atoms with Crippen molar-refractivity contribution in [2.75, 3.05) is 11.5 Å². The van der Waals surface area contributed by atoms with Crippen LogP contribution in [0.2, 0.25) is 0 Å². The molecule has 126 valence electrons. The molecule has 0 N–H and O–H groups in total. The Hall–Kier alpha value is -2.22. The minimum absolute atomic E-state index is 0.124. The van der Waals surface area contributed by atoms with E-state index in [1.54, 1.807) is 4.68 Å². The van der Waals surface area contributed by atoms with Crippen LogP contribution < -0.4 is 0 Å². The van der Waals surface area contributed by atoms with Gasteiger partial charge in [-0.05, 0) is 32.4 Å². The number of imidazole rings is 1. The average molecular weight is 345 g/mol. The molecule has 0 amide bonds. The topological polar surface area (TPSA) is 82.7 Å². The van der Waals surface area contributed by atoms with Crippen LogP contribution in [0.4, 0.5) is 0 Å². The molecule has 3 aromatic rings. The van der Waals surface area contributed by atoms with Crippen LogP contribution in [0.25, 0.3) is 17.0 Å². The number of fused-ring (bicyclic) bond motifs is 1. The first-order valence-corrected chi connectivity index (χ1v) is 9.90. The van der Waals surface area contributed by atoms with Crippen molar-refractivity contribution in [3.8, 4) is 5.95 Å². The average Bonchev–Trinajstić information content (AvgIpc) is 3.21. The van der Waals surface area contributed by atoms with Gasteiger partial charge in [-0.15, -0.1) is 5.10 Å². The van der Waals surface area contributed by atoms with Crippen LogP contribution in [0.5, 0.6) is 0 Å². The van der Waals surface area contributed by atoms with E-state index in [0.29, 0.717) is 24.0 Å². The number of aromatic nitrogens is 5. The van der Waals surface area contributed by atoms with E-state index in [9.17, 15) is 8.42 Å². The van der Waals surface area contributed by atoms with Crippen LogP contribution >= 0.6 is 0 Å². The zero-order valence-corrected chi connectivity index (χ0v) is 14.5. The molecule has 1 aromatic carbocycles. The summed E-state index contributed by atoms with van der Waals surface area (Å²) >= 11 is 0. The van der Waals surface area contributed by atoms with Gasteiger partial charge in [-0.1, -0.05) is 12.1 Å². The van der Waals surface area contributed by atoms with Gasteiger partial charge in [-0.25, -0.2) is 18.4 Å². The Kier molecular flexibility index (Phi) is 3.45. The standard InChI is InChI=1S/C16H19N5O2S/c1-3-20-14-7-5-4-6-13(14)18-16(20)21-15(17-11(2)19-21)12-8-9-24(22,23)10-12/h4-7,12H,3,8-10H2,1-2H3/t12-/m1/s1. The van der Waals surface area contributed by atoms with Gasteiger partial charge in [0.15, 0.2) is 9.84 Å². The molecule has 1 atom stereocenters. The zero-order chi connectivity index (χ0) is 16.9. The molecule has 24 heavy (non-hydrogen) atoms. The first-order chi connectivity index (χ1) is 11.5. The van der Waals surface area contributed by atoms with Crippen LogP contribution in [0, 0.1) is 6.92 Å². The Morgan fingerprint density at radius 3 is 2.75 bits per heavy atom. The van der Waals surface area contributed by atoms with Gasteiger partial charge in [-0.3, -0.25) is 0 Å². The Balaban J connectivity index is 1.89. The number of aryl methyl sites for hydroxylation is 2. The van der Waals surface area contributed by atoms with E-state index in [1.165, 1.54) is 0 Å². The Morgan fingerprint density at radius 1 is 1.25 bits per heavy atom. The smallest absolute Gasteiger partial charge is 0.233 e. The third-order valence-electron chi connectivity index (χ3n) is 4.48. The van der Waals surface area contributed by atoms with E-state index >= 15 is 0 Å². The quantitative estimate of drug-likeness (QED) is 0.723. The normalized spacial score (nSPS) is 20.0. The molecule has 7 nitrogen and oxygen atoms in total. The molecule has 1 saturated heterocycles. The first-order valence-electron chi connectivity index (χ1n) is 8.08. The summed E-state index contributed by atoms with van der Waals surface area (Å²) in [7, 11) is -2.98. The van der Waals surface area contributed by atoms with Gasteiger partial charge in [0.1, 0.15) is 11.6 Å². The first kappa shape index (κ1) is 15.3. The molecule has 8 heteroatoms. The largest absolute Gasteiger partial charge is 0.309 e. The van der Waals surface area contributed by atoms with Gasteiger partial charge in [-0.2, -0.15) is 4.68 Å². The summed E-state index contributed by atoms with van der Waals surface area (Å²) in [5.74, 6) is 2.24. The summed E-state index contributed by atoms with van der Waals surface area (Å²) in [6.45, 7) is 4.63. The second kappa shape index (κ2) is 5.41. The van der Waals surface area contributed by atoms with Gasteiger partial charge >= 0.3 is 0 Å². The third kappa shape index (κ3) is 2.41. The summed E-state index contributed by atoms with van der Waals surface area (Å²) < 4.78 is 27.5. The Morgan fingerprint density at radius 2 is 2.04 bits per heavy atom. The number of benzene rings is 1. The van der Waals surface area contributed by atoms with Crippen molar-refractivity contribution in [2.24, 2.45) is 0 Å². The maximum atomic E-state index is 11.9. The van der Waals surface area contributed by atoms with E-state index in [-0.39, 0.29) is 17.4 Å². The molecule has 3 heterocycles. The van der Waals surface area contributed by atoms with Gasteiger partial charge in [0.2, 0.25) is 5.95 Å². The minimum atomic E-state index is -2.98. The maximum absolute atomic E-state index is 11.9. The molecule has 1 fully saturated rings. The van der Waals surface area contributed by atoms with Gasteiger partial charge in [0.25, 0.3) is 0 Å². The molecule has 0 unspecified atom stereocenters. The Bertz CT molecular complexity index is 1020. The molecular formula is C16H19N5O2S. The fraction of sp³-hybridized carbons (Fsp3) is 0.438. The van der Waals surface area contributed by atoms with Crippen molar-refractivity contribution in [1.29, 1.82) is 0 Å². The van der Waals surface area contributed by atoms with Crippen molar-refractivity contribution in [3.05, 3.63) is 35.9 Å². The van der Waals surface area contributed by atoms with Gasteiger partial charge < -0.3 is 4.57 Å². The van der Waals surface area contributed by atoms with Crippen molar-refractivity contribution >= 4 is 20.9 Å². The van der Waals surface area contributed by atoms with Crippen molar-refractivity contribution in [1.82, 2.24) is 24.3 Å². The molecule has 0 spiro atoms. The number of rotatable bonds is 3. The monoisotopic (exact) mass is 345 g/mol. The SMILES string of the molecule is CCn1c(-n2nc(C)nc2[C@@H]2CCS(=O)(=O)C2)nc2ccccc21. The number of sulfone groups is 1. The highest BCUT2D eigenvalue weighted by Gasteiger charge is 2.33. The lowest BCUT2D eigenvalue weighted by Crippen LogP contribution is -2.14. The van der Waals surface area contributed by atoms with E-state index in [4.69, 9.17) is 4.98 Å². The highest BCUT2D eigenvalue weighted by atomic mass is 32.2. The van der Waals surface area contributed by atoms with E-state index in [0.717, 1.165) is 17.6 Å². The lowest BCUT2D eigenvalue weighted by molar-refractivity contribution is 0.599. The zero-order valence-electron chi connectivity index (χ0n) is 13.7. The van der Waals surface area contributed by atoms with Crippen LogP contribution in [-0.4, -0.2) is 44.2 Å².